The number of rotatable bonds is 10. The fourth-order valence-corrected chi connectivity index (χ4v) is 4.07. The van der Waals surface area contributed by atoms with Crippen molar-refractivity contribution in [2.45, 2.75) is 52.7 Å². The Morgan fingerprint density at radius 2 is 1.69 bits per heavy atom. The molecule has 0 spiro atoms. The number of nitrogens with zero attached hydrogens (tertiary/aromatic N) is 2. The minimum absolute atomic E-state index is 0.0292. The van der Waals surface area contributed by atoms with Crippen LogP contribution < -0.4 is 9.62 Å². The van der Waals surface area contributed by atoms with E-state index in [4.69, 9.17) is 0 Å². The van der Waals surface area contributed by atoms with Crippen molar-refractivity contribution >= 4 is 27.5 Å². The molecule has 2 rings (SSSR count). The van der Waals surface area contributed by atoms with Gasteiger partial charge in [-0.15, -0.1) is 0 Å². The average Bonchev–Trinajstić information content (AvgIpc) is 2.74. The highest BCUT2D eigenvalue weighted by Crippen LogP contribution is 2.20. The topological polar surface area (TPSA) is 86.8 Å². The largest absolute Gasteiger partial charge is 0.352 e. The summed E-state index contributed by atoms with van der Waals surface area (Å²) in [5.74, 6) is -0.724. The molecule has 2 aromatic rings. The minimum atomic E-state index is -3.72. The summed E-state index contributed by atoms with van der Waals surface area (Å²) in [5, 5.41) is 2.91. The summed E-state index contributed by atoms with van der Waals surface area (Å²) in [6, 6.07) is 15.5. The molecule has 2 amide bonds. The number of benzene rings is 2. The van der Waals surface area contributed by atoms with Crippen molar-refractivity contribution in [1.82, 2.24) is 10.2 Å². The van der Waals surface area contributed by atoms with E-state index < -0.39 is 28.5 Å². The number of nitrogens with one attached hydrogen (secondary N) is 1. The molecule has 2 aromatic carbocycles. The molecule has 0 aliphatic heterocycles. The van der Waals surface area contributed by atoms with Crippen LogP contribution in [0.5, 0.6) is 0 Å². The SMILES string of the molecule is CC[C@H](C)NC(=O)[C@@H](C)N(Cc1ccccc1)C(=O)CN(c1cccc(C)c1)S(C)(=O)=O. The van der Waals surface area contributed by atoms with Crippen molar-refractivity contribution in [3.05, 3.63) is 65.7 Å². The van der Waals surface area contributed by atoms with Gasteiger partial charge in [0.25, 0.3) is 0 Å². The van der Waals surface area contributed by atoms with Crippen LogP contribution in [-0.2, 0) is 26.2 Å². The molecule has 7 nitrogen and oxygen atoms in total. The van der Waals surface area contributed by atoms with Crippen LogP contribution in [0.2, 0.25) is 0 Å². The summed E-state index contributed by atoms with van der Waals surface area (Å²) >= 11 is 0. The third kappa shape index (κ3) is 7.09. The summed E-state index contributed by atoms with van der Waals surface area (Å²) in [5.41, 5.74) is 2.15. The molecule has 32 heavy (non-hydrogen) atoms. The zero-order valence-corrected chi connectivity index (χ0v) is 20.2. The molecule has 8 heteroatoms. The molecule has 0 aliphatic carbocycles. The summed E-state index contributed by atoms with van der Waals surface area (Å²) in [7, 11) is -3.72. The zero-order chi connectivity index (χ0) is 23.9. The first-order valence-electron chi connectivity index (χ1n) is 10.7. The molecule has 2 atom stereocenters. The Morgan fingerprint density at radius 1 is 1.03 bits per heavy atom. The van der Waals surface area contributed by atoms with Crippen molar-refractivity contribution < 1.29 is 18.0 Å². The molecule has 0 aromatic heterocycles. The van der Waals surface area contributed by atoms with E-state index in [1.54, 1.807) is 25.1 Å². The summed E-state index contributed by atoms with van der Waals surface area (Å²) in [4.78, 5) is 27.6. The standard InChI is InChI=1S/C24H33N3O4S/c1-6-19(3)25-24(29)20(4)26(16-21-12-8-7-9-13-21)23(28)17-27(32(5,30)31)22-14-10-11-18(2)15-22/h7-15,19-20H,6,16-17H2,1-5H3,(H,25,29)/t19-,20+/m0/s1. The maximum atomic E-state index is 13.4. The van der Waals surface area contributed by atoms with Crippen LogP contribution in [0.3, 0.4) is 0 Å². The summed E-state index contributed by atoms with van der Waals surface area (Å²) in [6.45, 7) is 7.19. The predicted octanol–water partition coefficient (Wildman–Crippen LogP) is 3.09. The van der Waals surface area contributed by atoms with Crippen molar-refractivity contribution in [2.75, 3.05) is 17.1 Å². The lowest BCUT2D eigenvalue weighted by Gasteiger charge is -2.32. The molecule has 0 saturated heterocycles. The number of amides is 2. The second kappa shape index (κ2) is 11.1. The monoisotopic (exact) mass is 459 g/mol. The molecule has 0 bridgehead atoms. The first kappa shape index (κ1) is 25.4. The Kier molecular flexibility index (Phi) is 8.83. The van der Waals surface area contributed by atoms with Gasteiger partial charge in [0, 0.05) is 12.6 Å². The third-order valence-electron chi connectivity index (χ3n) is 5.33. The van der Waals surface area contributed by atoms with Crippen LogP contribution in [0.1, 0.15) is 38.3 Å². The van der Waals surface area contributed by atoms with E-state index in [9.17, 15) is 18.0 Å². The number of hydrogen-bond donors (Lipinski definition) is 1. The number of anilines is 1. The molecule has 1 N–H and O–H groups in total. The van der Waals surface area contributed by atoms with E-state index in [-0.39, 0.29) is 18.5 Å². The molecule has 0 aliphatic rings. The Bertz CT molecular complexity index is 1020. The van der Waals surface area contributed by atoms with Gasteiger partial charge >= 0.3 is 0 Å². The molecule has 0 unspecified atom stereocenters. The van der Waals surface area contributed by atoms with Crippen LogP contribution in [0.25, 0.3) is 0 Å². The van der Waals surface area contributed by atoms with Gasteiger partial charge in [0.2, 0.25) is 21.8 Å². The van der Waals surface area contributed by atoms with Gasteiger partial charge in [0.05, 0.1) is 11.9 Å². The van der Waals surface area contributed by atoms with Gasteiger partial charge < -0.3 is 10.2 Å². The van der Waals surface area contributed by atoms with Gasteiger partial charge in [-0.3, -0.25) is 13.9 Å². The lowest BCUT2D eigenvalue weighted by atomic mass is 10.1. The average molecular weight is 460 g/mol. The van der Waals surface area contributed by atoms with E-state index in [1.165, 1.54) is 4.90 Å². The fourth-order valence-electron chi connectivity index (χ4n) is 3.23. The van der Waals surface area contributed by atoms with E-state index in [1.807, 2.05) is 57.2 Å². The second-order valence-corrected chi connectivity index (χ2v) is 10.0. The third-order valence-corrected chi connectivity index (χ3v) is 6.47. The predicted molar refractivity (Wildman–Crippen MR) is 128 cm³/mol. The zero-order valence-electron chi connectivity index (χ0n) is 19.4. The quantitative estimate of drug-likeness (QED) is 0.592. The summed E-state index contributed by atoms with van der Waals surface area (Å²) < 4.78 is 26.1. The van der Waals surface area contributed by atoms with Gasteiger partial charge in [0.1, 0.15) is 12.6 Å². The molecule has 0 fully saturated rings. The number of carbonyl (C=O) groups excluding carboxylic acids is 2. The van der Waals surface area contributed by atoms with Gasteiger partial charge in [-0.05, 0) is 50.5 Å². The van der Waals surface area contributed by atoms with E-state index in [0.717, 1.165) is 28.1 Å². The summed E-state index contributed by atoms with van der Waals surface area (Å²) in [6.07, 6.45) is 1.84. The first-order chi connectivity index (χ1) is 15.0. The van der Waals surface area contributed by atoms with Crippen LogP contribution in [0.4, 0.5) is 5.69 Å². The molecule has 0 saturated carbocycles. The maximum Gasteiger partial charge on any atom is 0.244 e. The van der Waals surface area contributed by atoms with E-state index in [0.29, 0.717) is 5.69 Å². The number of sulfonamides is 1. The number of aryl methyl sites for hydroxylation is 1. The van der Waals surface area contributed by atoms with Crippen LogP contribution in [-0.4, -0.2) is 50.0 Å². The molecule has 0 heterocycles. The van der Waals surface area contributed by atoms with Gasteiger partial charge in [-0.1, -0.05) is 49.4 Å². The van der Waals surface area contributed by atoms with Crippen LogP contribution in [0.15, 0.2) is 54.6 Å². The van der Waals surface area contributed by atoms with Gasteiger partial charge in [-0.2, -0.15) is 0 Å². The van der Waals surface area contributed by atoms with Gasteiger partial charge in [0.15, 0.2) is 0 Å². The van der Waals surface area contributed by atoms with Gasteiger partial charge in [-0.25, -0.2) is 8.42 Å². The molecular weight excluding hydrogens is 426 g/mol. The minimum Gasteiger partial charge on any atom is -0.352 e. The first-order valence-corrected chi connectivity index (χ1v) is 12.6. The lowest BCUT2D eigenvalue weighted by Crippen LogP contribution is -2.52. The highest BCUT2D eigenvalue weighted by molar-refractivity contribution is 7.92. The van der Waals surface area contributed by atoms with E-state index >= 15 is 0 Å². The molecular formula is C24H33N3O4S. The smallest absolute Gasteiger partial charge is 0.244 e. The lowest BCUT2D eigenvalue weighted by molar-refractivity contribution is -0.139. The number of carbonyl (C=O) groups is 2. The Morgan fingerprint density at radius 3 is 2.25 bits per heavy atom. The maximum absolute atomic E-state index is 13.4. The molecule has 0 radical (unpaired) electrons. The van der Waals surface area contributed by atoms with Crippen molar-refractivity contribution in [3.8, 4) is 0 Å². The highest BCUT2D eigenvalue weighted by Gasteiger charge is 2.30. The second-order valence-electron chi connectivity index (χ2n) is 8.11. The van der Waals surface area contributed by atoms with Crippen molar-refractivity contribution in [1.29, 1.82) is 0 Å². The Hall–Kier alpha value is -2.87. The van der Waals surface area contributed by atoms with E-state index in [2.05, 4.69) is 5.32 Å². The van der Waals surface area contributed by atoms with Crippen molar-refractivity contribution in [3.63, 3.8) is 0 Å². The molecule has 174 valence electrons. The fraction of sp³-hybridized carbons (Fsp3) is 0.417. The Balaban J connectivity index is 2.35. The normalized spacial score (nSPS) is 13.2. The number of hydrogen-bond acceptors (Lipinski definition) is 4. The van der Waals surface area contributed by atoms with Crippen molar-refractivity contribution in [2.24, 2.45) is 0 Å². The Labute approximate surface area is 191 Å². The highest BCUT2D eigenvalue weighted by atomic mass is 32.2. The van der Waals surface area contributed by atoms with Crippen LogP contribution in [0, 0.1) is 6.92 Å². The van der Waals surface area contributed by atoms with Crippen LogP contribution >= 0.6 is 0 Å².